The van der Waals surface area contributed by atoms with Gasteiger partial charge in [0.25, 0.3) is 11.1 Å². The van der Waals surface area contributed by atoms with Crippen molar-refractivity contribution in [2.45, 2.75) is 5.16 Å². The number of nitrogens with one attached hydrogen (secondary N) is 1. The second kappa shape index (κ2) is 11.7. The second-order valence-electron chi connectivity index (χ2n) is 6.82. The van der Waals surface area contributed by atoms with Crippen LogP contribution in [0.15, 0.2) is 53.2 Å². The van der Waals surface area contributed by atoms with Crippen LogP contribution < -0.4 is 19.5 Å². The molecule has 1 heterocycles. The average molecular weight is 535 g/mol. The number of nitriles is 1. The number of methoxy groups -OCH3 is 1. The van der Waals surface area contributed by atoms with Gasteiger partial charge in [0.15, 0.2) is 11.5 Å². The number of para-hydroxylation sites is 1. The van der Waals surface area contributed by atoms with Crippen LogP contribution >= 0.6 is 23.1 Å². The summed E-state index contributed by atoms with van der Waals surface area (Å²) in [4.78, 5) is 16.2. The van der Waals surface area contributed by atoms with Gasteiger partial charge in [-0.2, -0.15) is 14.6 Å². The molecule has 13 heteroatoms. The predicted octanol–water partition coefficient (Wildman–Crippen LogP) is 3.61. The fourth-order valence-corrected chi connectivity index (χ4v) is 4.39. The zero-order valence-electron chi connectivity index (χ0n) is 18.5. The molecular formula is C22H19ClN4O6S2. The van der Waals surface area contributed by atoms with Crippen molar-refractivity contribution in [3.63, 3.8) is 0 Å². The molecule has 182 valence electrons. The number of hydrogen-bond donors (Lipinski definition) is 1. The second-order valence-corrected chi connectivity index (χ2v) is 9.89. The molecule has 0 aliphatic rings. The van der Waals surface area contributed by atoms with Gasteiger partial charge in [0, 0.05) is 17.8 Å². The minimum atomic E-state index is -3.62. The molecule has 0 saturated carbocycles. The van der Waals surface area contributed by atoms with E-state index in [9.17, 15) is 18.5 Å². The predicted molar refractivity (Wildman–Crippen MR) is 131 cm³/mol. The zero-order valence-corrected chi connectivity index (χ0v) is 20.9. The molecule has 0 unspecified atom stereocenters. The van der Waals surface area contributed by atoms with E-state index in [-0.39, 0.29) is 34.7 Å². The summed E-state index contributed by atoms with van der Waals surface area (Å²) in [5.41, 5.74) is 0.129. The first-order valence-corrected chi connectivity index (χ1v) is 12.9. The summed E-state index contributed by atoms with van der Waals surface area (Å²) in [7, 11) is -2.19. The third-order valence-electron chi connectivity index (χ3n) is 4.23. The summed E-state index contributed by atoms with van der Waals surface area (Å²) in [6.07, 6.45) is 2.24. The van der Waals surface area contributed by atoms with Crippen molar-refractivity contribution in [1.29, 1.82) is 5.26 Å². The van der Waals surface area contributed by atoms with Gasteiger partial charge in [0.05, 0.1) is 12.1 Å². The Morgan fingerprint density at radius 3 is 2.57 bits per heavy atom. The highest BCUT2D eigenvalue weighted by Crippen LogP contribution is 2.37. The van der Waals surface area contributed by atoms with Gasteiger partial charge < -0.3 is 14.2 Å². The van der Waals surface area contributed by atoms with Crippen LogP contribution in [0.3, 0.4) is 0 Å². The SMILES string of the molecule is COc1cc(/C=C(/C#N)C(=O)Nc2nc(S(C)(=O)=O)ns2)cc(Cl)c1OCCOc1ccccc1. The number of ether oxygens (including phenoxy) is 3. The zero-order chi connectivity index (χ0) is 25.4. The maximum absolute atomic E-state index is 12.5. The standard InChI is InChI=1S/C22H19ClN4O6S2/c1-31-18-12-14(11-17(23)19(18)33-9-8-32-16-6-4-3-5-7-16)10-15(13-24)20(28)25-21-26-22(27-34-21)35(2,29)30/h3-7,10-12H,8-9H2,1-2H3,(H,25,26,27,28)/b15-10-. The molecule has 0 aliphatic heterocycles. The lowest BCUT2D eigenvalue weighted by Gasteiger charge is -2.14. The maximum Gasteiger partial charge on any atom is 0.268 e. The molecule has 0 aliphatic carbocycles. The fraction of sp³-hybridized carbons (Fsp3) is 0.182. The van der Waals surface area contributed by atoms with E-state index >= 15 is 0 Å². The van der Waals surface area contributed by atoms with Crippen molar-refractivity contribution in [3.05, 3.63) is 58.6 Å². The number of benzene rings is 2. The van der Waals surface area contributed by atoms with Crippen LogP contribution in [0.2, 0.25) is 5.02 Å². The summed E-state index contributed by atoms with van der Waals surface area (Å²) in [6, 6.07) is 14.1. The number of amides is 1. The van der Waals surface area contributed by atoms with Crippen LogP contribution in [-0.2, 0) is 14.6 Å². The third kappa shape index (κ3) is 7.16. The summed E-state index contributed by atoms with van der Waals surface area (Å²) < 4.78 is 43.3. The van der Waals surface area contributed by atoms with Crippen LogP contribution in [0.5, 0.6) is 17.2 Å². The Morgan fingerprint density at radius 1 is 1.23 bits per heavy atom. The topological polar surface area (TPSA) is 140 Å². The van der Waals surface area contributed by atoms with Gasteiger partial charge in [-0.15, -0.1) is 0 Å². The van der Waals surface area contributed by atoms with Gasteiger partial charge in [0.2, 0.25) is 15.0 Å². The molecule has 0 atom stereocenters. The number of halogens is 1. The molecule has 1 aromatic heterocycles. The van der Waals surface area contributed by atoms with Crippen molar-refractivity contribution in [1.82, 2.24) is 9.36 Å². The normalized spacial score (nSPS) is 11.4. The fourth-order valence-electron chi connectivity index (χ4n) is 2.67. The van der Waals surface area contributed by atoms with Crippen LogP contribution in [0.25, 0.3) is 6.08 Å². The van der Waals surface area contributed by atoms with Crippen molar-refractivity contribution in [3.8, 4) is 23.3 Å². The number of carbonyl (C=O) groups excluding carboxylic acids is 1. The van der Waals surface area contributed by atoms with E-state index in [4.69, 9.17) is 25.8 Å². The highest BCUT2D eigenvalue weighted by Gasteiger charge is 2.18. The minimum absolute atomic E-state index is 0.0614. The number of sulfone groups is 1. The quantitative estimate of drug-likeness (QED) is 0.234. The van der Waals surface area contributed by atoms with Crippen molar-refractivity contribution >= 4 is 50.1 Å². The van der Waals surface area contributed by atoms with Gasteiger partial charge in [-0.3, -0.25) is 10.1 Å². The van der Waals surface area contributed by atoms with Crippen molar-refractivity contribution in [2.75, 3.05) is 31.9 Å². The lowest BCUT2D eigenvalue weighted by molar-refractivity contribution is -0.112. The van der Waals surface area contributed by atoms with E-state index in [1.54, 1.807) is 12.1 Å². The molecule has 35 heavy (non-hydrogen) atoms. The van der Waals surface area contributed by atoms with Crippen molar-refractivity contribution in [2.24, 2.45) is 0 Å². The Kier molecular flexibility index (Phi) is 8.64. The molecular weight excluding hydrogens is 516 g/mol. The van der Waals surface area contributed by atoms with Crippen LogP contribution in [0, 0.1) is 11.3 Å². The van der Waals surface area contributed by atoms with E-state index in [1.807, 2.05) is 30.3 Å². The van der Waals surface area contributed by atoms with Gasteiger partial charge in [-0.1, -0.05) is 29.8 Å². The Hall–Kier alpha value is -3.66. The third-order valence-corrected chi connectivity index (χ3v) is 6.10. The molecule has 0 saturated heterocycles. The molecule has 0 bridgehead atoms. The van der Waals surface area contributed by atoms with Crippen LogP contribution in [0.1, 0.15) is 5.56 Å². The first-order valence-electron chi connectivity index (χ1n) is 9.86. The molecule has 0 fully saturated rings. The lowest BCUT2D eigenvalue weighted by Crippen LogP contribution is -2.13. The van der Waals surface area contributed by atoms with Crippen LogP contribution in [-0.4, -0.2) is 50.3 Å². The molecule has 1 N–H and O–H groups in total. The molecule has 3 aromatic rings. The van der Waals surface area contributed by atoms with E-state index in [0.29, 0.717) is 28.6 Å². The van der Waals surface area contributed by atoms with Gasteiger partial charge in [0.1, 0.15) is 30.6 Å². The highest BCUT2D eigenvalue weighted by molar-refractivity contribution is 7.90. The monoisotopic (exact) mass is 534 g/mol. The van der Waals surface area contributed by atoms with Crippen molar-refractivity contribution < 1.29 is 27.4 Å². The number of rotatable bonds is 10. The lowest BCUT2D eigenvalue weighted by atomic mass is 10.1. The first kappa shape index (κ1) is 26.0. The largest absolute Gasteiger partial charge is 0.493 e. The average Bonchev–Trinajstić information content (AvgIpc) is 3.30. The van der Waals surface area contributed by atoms with Gasteiger partial charge >= 0.3 is 0 Å². The van der Waals surface area contributed by atoms with E-state index < -0.39 is 20.9 Å². The van der Waals surface area contributed by atoms with Crippen LogP contribution in [0.4, 0.5) is 5.13 Å². The van der Waals surface area contributed by atoms with Gasteiger partial charge in [-0.25, -0.2) is 8.42 Å². The number of anilines is 1. The molecule has 0 radical (unpaired) electrons. The van der Waals surface area contributed by atoms with E-state index in [2.05, 4.69) is 14.7 Å². The number of nitrogens with zero attached hydrogens (tertiary/aromatic N) is 3. The maximum atomic E-state index is 12.5. The number of hydrogen-bond acceptors (Lipinski definition) is 10. The Balaban J connectivity index is 1.71. The van der Waals surface area contributed by atoms with E-state index in [0.717, 1.165) is 6.26 Å². The smallest absolute Gasteiger partial charge is 0.268 e. The summed E-state index contributed by atoms with van der Waals surface area (Å²) >= 11 is 7.04. The molecule has 1 amide bonds. The first-order chi connectivity index (χ1) is 16.7. The Bertz CT molecular complexity index is 1380. The molecule has 2 aromatic carbocycles. The summed E-state index contributed by atoms with van der Waals surface area (Å²) in [5, 5.41) is 11.5. The summed E-state index contributed by atoms with van der Waals surface area (Å²) in [6.45, 7) is 0.472. The Labute approximate surface area is 210 Å². The Morgan fingerprint density at radius 2 is 1.94 bits per heavy atom. The number of carbonyl (C=O) groups is 1. The van der Waals surface area contributed by atoms with Gasteiger partial charge in [-0.05, 0) is 35.9 Å². The number of aromatic nitrogens is 2. The molecule has 3 rings (SSSR count). The molecule has 10 nitrogen and oxygen atoms in total. The van der Waals surface area contributed by atoms with E-state index in [1.165, 1.54) is 19.3 Å². The minimum Gasteiger partial charge on any atom is -0.493 e. The highest BCUT2D eigenvalue weighted by atomic mass is 35.5. The molecule has 0 spiro atoms. The summed E-state index contributed by atoms with van der Waals surface area (Å²) in [5.74, 6) is 0.492.